The highest BCUT2D eigenvalue weighted by Crippen LogP contribution is 2.31. The Balaban J connectivity index is 2.09. The second-order valence-corrected chi connectivity index (χ2v) is 4.62. The SMILES string of the molecule is NC(=O)c1cc2n(n1)C(c1cc(F)ccc1F)CCN2. The first-order valence-corrected chi connectivity index (χ1v) is 6.14. The van der Waals surface area contributed by atoms with Gasteiger partial charge >= 0.3 is 0 Å². The van der Waals surface area contributed by atoms with Gasteiger partial charge in [0.1, 0.15) is 17.5 Å². The molecule has 5 nitrogen and oxygen atoms in total. The molecule has 3 N–H and O–H groups in total. The van der Waals surface area contributed by atoms with Crippen LogP contribution in [0.25, 0.3) is 0 Å². The number of nitrogens with zero attached hydrogens (tertiary/aromatic N) is 2. The number of amides is 1. The van der Waals surface area contributed by atoms with Crippen LogP contribution in [0.4, 0.5) is 14.6 Å². The van der Waals surface area contributed by atoms with Crippen LogP contribution in [0, 0.1) is 11.6 Å². The molecule has 2 heterocycles. The van der Waals surface area contributed by atoms with E-state index in [1.165, 1.54) is 10.7 Å². The molecule has 0 fully saturated rings. The summed E-state index contributed by atoms with van der Waals surface area (Å²) in [6, 6.07) is 4.35. The summed E-state index contributed by atoms with van der Waals surface area (Å²) in [5.41, 5.74) is 5.50. The summed E-state index contributed by atoms with van der Waals surface area (Å²) in [6.07, 6.45) is 0.535. The van der Waals surface area contributed by atoms with Crippen molar-refractivity contribution in [1.82, 2.24) is 9.78 Å². The van der Waals surface area contributed by atoms with Crippen LogP contribution in [0.2, 0.25) is 0 Å². The molecule has 1 aromatic carbocycles. The molecule has 104 valence electrons. The summed E-state index contributed by atoms with van der Waals surface area (Å²) < 4.78 is 28.7. The van der Waals surface area contributed by atoms with Crippen LogP contribution in [-0.4, -0.2) is 22.2 Å². The Bertz CT molecular complexity index is 683. The zero-order valence-corrected chi connectivity index (χ0v) is 10.4. The van der Waals surface area contributed by atoms with E-state index in [1.807, 2.05) is 0 Å². The number of nitrogens with two attached hydrogens (primary N) is 1. The molecule has 0 aliphatic carbocycles. The van der Waals surface area contributed by atoms with Crippen molar-refractivity contribution in [2.75, 3.05) is 11.9 Å². The van der Waals surface area contributed by atoms with Gasteiger partial charge in [0, 0.05) is 18.2 Å². The van der Waals surface area contributed by atoms with Gasteiger partial charge in [0.15, 0.2) is 5.69 Å². The molecule has 3 rings (SSSR count). The van der Waals surface area contributed by atoms with E-state index in [1.54, 1.807) is 0 Å². The molecule has 20 heavy (non-hydrogen) atoms. The van der Waals surface area contributed by atoms with E-state index in [4.69, 9.17) is 5.73 Å². The fourth-order valence-electron chi connectivity index (χ4n) is 2.40. The lowest BCUT2D eigenvalue weighted by Gasteiger charge is -2.26. The number of nitrogens with one attached hydrogen (secondary N) is 1. The molecule has 1 aliphatic heterocycles. The maximum Gasteiger partial charge on any atom is 0.269 e. The lowest BCUT2D eigenvalue weighted by molar-refractivity contribution is 0.0994. The van der Waals surface area contributed by atoms with E-state index >= 15 is 0 Å². The molecule has 0 saturated carbocycles. The summed E-state index contributed by atoms with van der Waals surface area (Å²) in [4.78, 5) is 11.2. The maximum atomic E-state index is 13.9. The van der Waals surface area contributed by atoms with Crippen molar-refractivity contribution in [2.24, 2.45) is 5.73 Å². The van der Waals surface area contributed by atoms with Gasteiger partial charge in [-0.3, -0.25) is 4.79 Å². The smallest absolute Gasteiger partial charge is 0.269 e. The van der Waals surface area contributed by atoms with Gasteiger partial charge in [0.05, 0.1) is 6.04 Å². The van der Waals surface area contributed by atoms with Crippen LogP contribution in [-0.2, 0) is 0 Å². The van der Waals surface area contributed by atoms with Gasteiger partial charge in [-0.2, -0.15) is 5.10 Å². The molecular weight excluding hydrogens is 266 g/mol. The number of anilines is 1. The number of fused-ring (bicyclic) bond motifs is 1. The minimum Gasteiger partial charge on any atom is -0.370 e. The fraction of sp³-hybridized carbons (Fsp3) is 0.231. The fourth-order valence-corrected chi connectivity index (χ4v) is 2.40. The largest absolute Gasteiger partial charge is 0.370 e. The second kappa shape index (κ2) is 4.59. The molecule has 1 aliphatic rings. The van der Waals surface area contributed by atoms with Crippen molar-refractivity contribution in [3.63, 3.8) is 0 Å². The molecule has 2 aromatic rings. The summed E-state index contributed by atoms with van der Waals surface area (Å²) >= 11 is 0. The molecule has 1 atom stereocenters. The Hall–Kier alpha value is -2.44. The van der Waals surface area contributed by atoms with Crippen molar-refractivity contribution < 1.29 is 13.6 Å². The highest BCUT2D eigenvalue weighted by atomic mass is 19.1. The number of carbonyl (C=O) groups excluding carboxylic acids is 1. The average molecular weight is 278 g/mol. The Morgan fingerprint density at radius 2 is 2.20 bits per heavy atom. The molecule has 1 aromatic heterocycles. The van der Waals surface area contributed by atoms with E-state index in [2.05, 4.69) is 10.4 Å². The van der Waals surface area contributed by atoms with E-state index in [-0.39, 0.29) is 11.3 Å². The highest BCUT2D eigenvalue weighted by molar-refractivity contribution is 5.91. The predicted octanol–water partition coefficient (Wildman–Crippen LogP) is 1.67. The van der Waals surface area contributed by atoms with Crippen molar-refractivity contribution >= 4 is 11.7 Å². The standard InChI is InChI=1S/C13H12F2N4O/c14-7-1-2-9(15)8(5-7)11-3-4-17-12-6-10(13(16)20)18-19(11)12/h1-2,5-6,11,17H,3-4H2,(H2,16,20). The van der Waals surface area contributed by atoms with Crippen LogP contribution < -0.4 is 11.1 Å². The molecule has 0 bridgehead atoms. The quantitative estimate of drug-likeness (QED) is 0.877. The van der Waals surface area contributed by atoms with Crippen LogP contribution in [0.3, 0.4) is 0 Å². The molecule has 7 heteroatoms. The van der Waals surface area contributed by atoms with Crippen molar-refractivity contribution in [3.05, 3.63) is 47.2 Å². The predicted molar refractivity (Wildman–Crippen MR) is 68.3 cm³/mol. The Kier molecular flexibility index (Phi) is 2.89. The Morgan fingerprint density at radius 3 is 2.95 bits per heavy atom. The monoisotopic (exact) mass is 278 g/mol. The van der Waals surface area contributed by atoms with E-state index in [0.29, 0.717) is 18.8 Å². The molecule has 0 spiro atoms. The van der Waals surface area contributed by atoms with Crippen LogP contribution in [0.5, 0.6) is 0 Å². The first-order valence-electron chi connectivity index (χ1n) is 6.14. The number of rotatable bonds is 2. The third-order valence-corrected chi connectivity index (χ3v) is 3.32. The van der Waals surface area contributed by atoms with Crippen molar-refractivity contribution in [2.45, 2.75) is 12.5 Å². The van der Waals surface area contributed by atoms with Gasteiger partial charge in [-0.25, -0.2) is 13.5 Å². The number of benzene rings is 1. The zero-order chi connectivity index (χ0) is 14.3. The minimum absolute atomic E-state index is 0.0937. The third-order valence-electron chi connectivity index (χ3n) is 3.32. The molecular formula is C13H12F2N4O. The normalized spacial score (nSPS) is 17.4. The molecule has 1 unspecified atom stereocenters. The summed E-state index contributed by atoms with van der Waals surface area (Å²) in [6.45, 7) is 0.574. The number of halogens is 2. The summed E-state index contributed by atoms with van der Waals surface area (Å²) in [5.74, 6) is -1.10. The van der Waals surface area contributed by atoms with E-state index in [9.17, 15) is 13.6 Å². The third kappa shape index (κ3) is 2.01. The van der Waals surface area contributed by atoms with Crippen molar-refractivity contribution in [3.8, 4) is 0 Å². The van der Waals surface area contributed by atoms with E-state index < -0.39 is 23.6 Å². The second-order valence-electron chi connectivity index (χ2n) is 4.62. The minimum atomic E-state index is -0.660. The van der Waals surface area contributed by atoms with Gasteiger partial charge in [-0.15, -0.1) is 0 Å². The van der Waals surface area contributed by atoms with Gasteiger partial charge < -0.3 is 11.1 Å². The van der Waals surface area contributed by atoms with Gasteiger partial charge in [-0.1, -0.05) is 0 Å². The number of carbonyl (C=O) groups is 1. The van der Waals surface area contributed by atoms with Gasteiger partial charge in [0.2, 0.25) is 0 Å². The lowest BCUT2D eigenvalue weighted by atomic mass is 10.0. The first kappa shape index (κ1) is 12.6. The number of primary amides is 1. The Morgan fingerprint density at radius 1 is 1.40 bits per heavy atom. The van der Waals surface area contributed by atoms with Crippen LogP contribution in [0.15, 0.2) is 24.3 Å². The van der Waals surface area contributed by atoms with Crippen LogP contribution >= 0.6 is 0 Å². The zero-order valence-electron chi connectivity index (χ0n) is 10.4. The topological polar surface area (TPSA) is 72.9 Å². The van der Waals surface area contributed by atoms with Gasteiger partial charge in [0.25, 0.3) is 5.91 Å². The summed E-state index contributed by atoms with van der Waals surface area (Å²) in [7, 11) is 0. The van der Waals surface area contributed by atoms with Crippen LogP contribution in [0.1, 0.15) is 28.5 Å². The average Bonchev–Trinajstić information content (AvgIpc) is 2.85. The molecule has 0 saturated heterocycles. The maximum absolute atomic E-state index is 13.9. The first-order chi connectivity index (χ1) is 9.56. The summed E-state index contributed by atoms with van der Waals surface area (Å²) in [5, 5.41) is 7.12. The van der Waals surface area contributed by atoms with Gasteiger partial charge in [-0.05, 0) is 24.6 Å². The Labute approximate surface area is 113 Å². The molecule has 1 amide bonds. The number of hydrogen-bond acceptors (Lipinski definition) is 3. The van der Waals surface area contributed by atoms with Crippen molar-refractivity contribution in [1.29, 1.82) is 0 Å². The van der Waals surface area contributed by atoms with E-state index in [0.717, 1.165) is 18.2 Å². The number of aromatic nitrogens is 2. The highest BCUT2D eigenvalue weighted by Gasteiger charge is 2.26. The lowest BCUT2D eigenvalue weighted by Crippen LogP contribution is -2.25. The number of hydrogen-bond donors (Lipinski definition) is 2. The molecule has 0 radical (unpaired) electrons.